The third kappa shape index (κ3) is 5.10. The van der Waals surface area contributed by atoms with Crippen LogP contribution in [0.4, 0.5) is 0 Å². The molecule has 0 amide bonds. The minimum atomic E-state index is -3.82. The monoisotopic (exact) mass is 527 g/mol. The van der Waals surface area contributed by atoms with Crippen LogP contribution in [0.1, 0.15) is 48.9 Å². The number of nitrogens with zero attached hydrogens (tertiary/aromatic N) is 4. The summed E-state index contributed by atoms with van der Waals surface area (Å²) in [6, 6.07) is 9.60. The second-order valence-corrected chi connectivity index (χ2v) is 12.4. The molecule has 8 nitrogen and oxygen atoms in total. The molecule has 0 spiro atoms. The third-order valence-corrected chi connectivity index (χ3v) is 8.82. The topological polar surface area (TPSA) is 109 Å². The Bertz CT molecular complexity index is 1580. The number of benzene rings is 1. The van der Waals surface area contributed by atoms with E-state index in [4.69, 9.17) is 16.6 Å². The van der Waals surface area contributed by atoms with E-state index in [1.165, 1.54) is 6.20 Å². The van der Waals surface area contributed by atoms with E-state index in [0.29, 0.717) is 27.2 Å². The van der Waals surface area contributed by atoms with Gasteiger partial charge in [-0.25, -0.2) is 27.6 Å². The molecule has 1 fully saturated rings. The number of halogens is 1. The van der Waals surface area contributed by atoms with Gasteiger partial charge in [0.2, 0.25) is 0 Å². The maximum atomic E-state index is 12.6. The normalized spacial score (nSPS) is 14.2. The first-order chi connectivity index (χ1) is 16.6. The van der Waals surface area contributed by atoms with Crippen molar-refractivity contribution in [3.8, 4) is 23.1 Å². The van der Waals surface area contributed by atoms with Gasteiger partial charge in [0.05, 0.1) is 35.8 Å². The zero-order chi connectivity index (χ0) is 24.8. The van der Waals surface area contributed by atoms with Crippen LogP contribution >= 0.6 is 22.9 Å². The van der Waals surface area contributed by atoms with Crippen molar-refractivity contribution in [3.63, 3.8) is 0 Å². The summed E-state index contributed by atoms with van der Waals surface area (Å²) in [5, 5.41) is 14.9. The van der Waals surface area contributed by atoms with Crippen molar-refractivity contribution in [2.45, 2.75) is 42.4 Å². The second kappa shape index (κ2) is 9.00. The number of hydrogen-bond acceptors (Lipinski definition) is 7. The fraction of sp³-hybridized carbons (Fsp3) is 0.292. The van der Waals surface area contributed by atoms with Crippen LogP contribution in [0.25, 0.3) is 16.9 Å². The lowest BCUT2D eigenvalue weighted by Crippen LogP contribution is -2.45. The average molecular weight is 528 g/mol. The minimum Gasteiger partial charge on any atom is -0.394 e. The molecule has 1 aliphatic carbocycles. The van der Waals surface area contributed by atoms with Gasteiger partial charge in [-0.1, -0.05) is 41.0 Å². The molecule has 0 saturated heterocycles. The molecule has 35 heavy (non-hydrogen) atoms. The summed E-state index contributed by atoms with van der Waals surface area (Å²) in [7, 11) is -3.82. The molecule has 11 heteroatoms. The Hall–Kier alpha value is -2.81. The van der Waals surface area contributed by atoms with Crippen LogP contribution < -0.4 is 4.72 Å². The molecule has 3 aromatic heterocycles. The molecular formula is C24H22ClN5O3S2. The Morgan fingerprint density at radius 3 is 2.66 bits per heavy atom. The van der Waals surface area contributed by atoms with E-state index in [0.717, 1.165) is 41.1 Å². The number of aliphatic hydroxyl groups excluding tert-OH is 1. The van der Waals surface area contributed by atoms with Crippen molar-refractivity contribution < 1.29 is 13.5 Å². The smallest absolute Gasteiger partial charge is 0.252 e. The maximum Gasteiger partial charge on any atom is 0.252 e. The van der Waals surface area contributed by atoms with Gasteiger partial charge in [-0.15, -0.1) is 0 Å². The summed E-state index contributed by atoms with van der Waals surface area (Å²) in [5.41, 5.74) is 3.14. The molecule has 0 atom stereocenters. The van der Waals surface area contributed by atoms with Crippen LogP contribution in [0.5, 0.6) is 0 Å². The largest absolute Gasteiger partial charge is 0.394 e. The fourth-order valence-electron chi connectivity index (χ4n) is 3.52. The molecule has 0 unspecified atom stereocenters. The van der Waals surface area contributed by atoms with Gasteiger partial charge in [0.25, 0.3) is 10.0 Å². The number of thiazole rings is 1. The predicted octanol–water partition coefficient (Wildman–Crippen LogP) is 3.83. The molecule has 180 valence electrons. The van der Waals surface area contributed by atoms with E-state index in [2.05, 4.69) is 32.7 Å². The average Bonchev–Trinajstić information content (AvgIpc) is 3.40. The van der Waals surface area contributed by atoms with Crippen molar-refractivity contribution >= 4 is 38.6 Å². The van der Waals surface area contributed by atoms with Crippen molar-refractivity contribution in [1.29, 1.82) is 0 Å². The van der Waals surface area contributed by atoms with Crippen LogP contribution in [-0.2, 0) is 10.0 Å². The van der Waals surface area contributed by atoms with Crippen molar-refractivity contribution in [2.75, 3.05) is 6.61 Å². The van der Waals surface area contributed by atoms with Crippen LogP contribution in [0.2, 0.25) is 5.02 Å². The Balaban J connectivity index is 1.50. The summed E-state index contributed by atoms with van der Waals surface area (Å²) in [6.07, 6.45) is 5.15. The molecule has 0 radical (unpaired) electrons. The van der Waals surface area contributed by atoms with Gasteiger partial charge in [0.1, 0.15) is 0 Å². The van der Waals surface area contributed by atoms with Gasteiger partial charge in [-0.2, -0.15) is 5.10 Å². The predicted molar refractivity (Wildman–Crippen MR) is 135 cm³/mol. The van der Waals surface area contributed by atoms with E-state index >= 15 is 0 Å². The maximum absolute atomic E-state index is 12.6. The molecular weight excluding hydrogens is 506 g/mol. The van der Waals surface area contributed by atoms with Gasteiger partial charge >= 0.3 is 0 Å². The van der Waals surface area contributed by atoms with E-state index in [1.807, 2.05) is 28.8 Å². The fourth-order valence-corrected chi connectivity index (χ4v) is 6.04. The van der Waals surface area contributed by atoms with Crippen molar-refractivity contribution in [3.05, 3.63) is 64.0 Å². The van der Waals surface area contributed by atoms with Gasteiger partial charge in [0.15, 0.2) is 14.9 Å². The number of aliphatic hydroxyl groups is 1. The highest BCUT2D eigenvalue weighted by atomic mass is 35.5. The van der Waals surface area contributed by atoms with Crippen LogP contribution in [0.3, 0.4) is 0 Å². The first-order valence-corrected chi connectivity index (χ1v) is 13.6. The van der Waals surface area contributed by atoms with Crippen molar-refractivity contribution in [1.82, 2.24) is 24.3 Å². The molecule has 2 N–H and O–H groups in total. The Morgan fingerprint density at radius 1 is 1.23 bits per heavy atom. The molecule has 0 aliphatic heterocycles. The Morgan fingerprint density at radius 2 is 1.97 bits per heavy atom. The van der Waals surface area contributed by atoms with Gasteiger partial charge < -0.3 is 5.11 Å². The third-order valence-electron chi connectivity index (χ3n) is 5.49. The lowest BCUT2D eigenvalue weighted by atomic mass is 10.1. The van der Waals surface area contributed by atoms with Gasteiger partial charge in [-0.05, 0) is 50.8 Å². The molecule has 3 heterocycles. The molecule has 1 saturated carbocycles. The molecule has 0 bridgehead atoms. The number of aromatic nitrogens is 4. The van der Waals surface area contributed by atoms with E-state index in [-0.39, 0.29) is 10.8 Å². The van der Waals surface area contributed by atoms with Crippen molar-refractivity contribution in [2.24, 2.45) is 0 Å². The number of nitrogens with one attached hydrogen (secondary N) is 1. The molecule has 5 rings (SSSR count). The second-order valence-electron chi connectivity index (χ2n) is 9.02. The van der Waals surface area contributed by atoms with Crippen LogP contribution in [0, 0.1) is 11.8 Å². The minimum absolute atomic E-state index is 0.0300. The molecule has 1 aromatic carbocycles. The quantitative estimate of drug-likeness (QED) is 0.369. The highest BCUT2D eigenvalue weighted by molar-refractivity contribution is 7.91. The summed E-state index contributed by atoms with van der Waals surface area (Å²) in [6.45, 7) is 2.86. The highest BCUT2D eigenvalue weighted by Crippen LogP contribution is 2.41. The standard InChI is InChI=1S/C24H22ClN5O3S2/c1-24(2,14-31)29-35(32,33)22-13-26-21(34-22)10-7-17-12-27-30-20(16-3-4-16)11-19(28-23(17)30)15-5-8-18(25)9-6-15/h5-6,8-9,11-13,16,29,31H,3-4,14H2,1-2H3. The van der Waals surface area contributed by atoms with Gasteiger partial charge in [0, 0.05) is 22.2 Å². The lowest BCUT2D eigenvalue weighted by Gasteiger charge is -2.22. The van der Waals surface area contributed by atoms with E-state index in [9.17, 15) is 13.5 Å². The van der Waals surface area contributed by atoms with E-state index < -0.39 is 15.6 Å². The summed E-state index contributed by atoms with van der Waals surface area (Å²) in [4.78, 5) is 8.97. The number of rotatable bonds is 6. The highest BCUT2D eigenvalue weighted by Gasteiger charge is 2.29. The SMILES string of the molecule is CC(C)(CO)NS(=O)(=O)c1cnc(C#Cc2cnn3c(C4CC4)cc(-c4ccc(Cl)cc4)nc23)s1. The molecule has 4 aromatic rings. The Labute approximate surface area is 212 Å². The Kier molecular flexibility index (Phi) is 6.15. The zero-order valence-electron chi connectivity index (χ0n) is 19.0. The summed E-state index contributed by atoms with van der Waals surface area (Å²) < 4.78 is 29.5. The summed E-state index contributed by atoms with van der Waals surface area (Å²) in [5.74, 6) is 6.44. The number of hydrogen-bond donors (Lipinski definition) is 2. The van der Waals surface area contributed by atoms with E-state index in [1.54, 1.807) is 20.0 Å². The molecule has 1 aliphatic rings. The van der Waals surface area contributed by atoms with Crippen LogP contribution in [0.15, 0.2) is 46.9 Å². The first kappa shape index (κ1) is 23.9. The van der Waals surface area contributed by atoms with Crippen LogP contribution in [-0.4, -0.2) is 45.3 Å². The van der Waals surface area contributed by atoms with Gasteiger partial charge in [-0.3, -0.25) is 0 Å². The summed E-state index contributed by atoms with van der Waals surface area (Å²) >= 11 is 7.01. The number of fused-ring (bicyclic) bond motifs is 1. The first-order valence-electron chi connectivity index (χ1n) is 10.9. The lowest BCUT2D eigenvalue weighted by molar-refractivity contribution is 0.208. The zero-order valence-corrected chi connectivity index (χ0v) is 21.4. The number of sulfonamides is 1.